The Kier molecular flexibility index (Phi) is 0.801. The van der Waals surface area contributed by atoms with Gasteiger partial charge in [0.25, 0.3) is 0 Å². The second-order valence-corrected chi connectivity index (χ2v) is 1.09. The van der Waals surface area contributed by atoms with Gasteiger partial charge in [0.2, 0.25) is 6.26 Å². The van der Waals surface area contributed by atoms with E-state index in [1.165, 1.54) is 0 Å². The highest BCUT2D eigenvalue weighted by Gasteiger charge is 1.85. The van der Waals surface area contributed by atoms with Crippen LogP contribution in [0.3, 0.4) is 0 Å². The average molecular weight is 101 g/mol. The summed E-state index contributed by atoms with van der Waals surface area (Å²) < 4.78 is 4.15. The number of nitrogens with zero attached hydrogens (tertiary/aromatic N) is 1. The van der Waals surface area contributed by atoms with E-state index in [-0.39, 0.29) is 5.02 Å². The Morgan fingerprint density at radius 3 is 2.83 bits per heavy atom. The topological polar surface area (TPSA) is 26.0 Å². The molecule has 0 saturated heterocycles. The monoisotopic (exact) mass is 101 g/mol. The van der Waals surface area contributed by atoms with Gasteiger partial charge in [0, 0.05) is 0 Å². The summed E-state index contributed by atoms with van der Waals surface area (Å²) in [7, 11) is 0. The second-order valence-electron chi connectivity index (χ2n) is 0.710. The van der Waals surface area contributed by atoms with E-state index in [4.69, 9.17) is 11.6 Å². The molecule has 0 spiro atoms. The number of aromatic nitrogens is 1. The van der Waals surface area contributed by atoms with Crippen molar-refractivity contribution in [1.82, 2.24) is 5.16 Å². The van der Waals surface area contributed by atoms with Crippen molar-refractivity contribution in [3.63, 3.8) is 0 Å². The van der Waals surface area contributed by atoms with Crippen LogP contribution in [-0.4, -0.2) is 5.16 Å². The van der Waals surface area contributed by atoms with Crippen LogP contribution in [-0.2, 0) is 0 Å². The van der Waals surface area contributed by atoms with Crippen molar-refractivity contribution in [2.75, 3.05) is 0 Å². The summed E-state index contributed by atoms with van der Waals surface area (Å²) in [6, 6.07) is 0. The third-order valence-electron chi connectivity index (χ3n) is 0.325. The minimum atomic E-state index is 0.287. The Balaban J connectivity index is 3.05. The molecule has 2 nitrogen and oxygen atoms in total. The van der Waals surface area contributed by atoms with Gasteiger partial charge in [-0.1, -0.05) is 16.8 Å². The maximum Gasteiger partial charge on any atom is 0.225 e. The fourth-order valence-corrected chi connectivity index (χ4v) is 0.218. The van der Waals surface area contributed by atoms with Crippen LogP contribution in [0.4, 0.5) is 0 Å². The van der Waals surface area contributed by atoms with E-state index < -0.39 is 0 Å². The standard InChI is InChI=1S/C3ClNO/c4-3-1-5-6-2-3. The number of hydrogen-bond acceptors (Lipinski definition) is 2. The summed E-state index contributed by atoms with van der Waals surface area (Å²) in [4.78, 5) is 0. The first-order chi connectivity index (χ1) is 2.89. The molecule has 3 heteroatoms. The molecule has 0 aliphatic carbocycles. The van der Waals surface area contributed by atoms with Crippen molar-refractivity contribution in [1.29, 1.82) is 0 Å². The van der Waals surface area contributed by atoms with Gasteiger partial charge < -0.3 is 4.52 Å². The van der Waals surface area contributed by atoms with Crippen molar-refractivity contribution in [3.8, 4) is 0 Å². The maximum absolute atomic E-state index is 5.19. The number of hydrogen-bond donors (Lipinski definition) is 0. The van der Waals surface area contributed by atoms with Gasteiger partial charge in [0.15, 0.2) is 6.20 Å². The molecule has 0 saturated carbocycles. The molecule has 1 aromatic heterocycles. The third-order valence-corrected chi connectivity index (χ3v) is 0.486. The van der Waals surface area contributed by atoms with Gasteiger partial charge in [-0.25, -0.2) is 0 Å². The largest absolute Gasteiger partial charge is 0.350 e. The van der Waals surface area contributed by atoms with E-state index in [0.717, 1.165) is 0 Å². The Bertz CT molecular complexity index is 114. The van der Waals surface area contributed by atoms with E-state index in [9.17, 15) is 0 Å². The van der Waals surface area contributed by atoms with Gasteiger partial charge in [-0.05, 0) is 0 Å². The molecule has 1 rings (SSSR count). The summed E-state index contributed by atoms with van der Waals surface area (Å²) in [6.45, 7) is 0. The second kappa shape index (κ2) is 1.30. The molecule has 0 atom stereocenters. The average Bonchev–Trinajstić information content (AvgIpc) is 1.86. The Morgan fingerprint density at radius 1 is 1.83 bits per heavy atom. The molecular weight excluding hydrogens is 101 g/mol. The van der Waals surface area contributed by atoms with Gasteiger partial charge in [-0.3, -0.25) is 0 Å². The highest BCUT2D eigenvalue weighted by Crippen LogP contribution is 1.99. The van der Waals surface area contributed by atoms with Gasteiger partial charge in [0.05, 0.1) is 0 Å². The van der Waals surface area contributed by atoms with Crippen LogP contribution in [0.2, 0.25) is 5.02 Å². The molecule has 2 radical (unpaired) electrons. The summed E-state index contributed by atoms with van der Waals surface area (Å²) in [5, 5.41) is 3.42. The normalized spacial score (nSPS) is 8.83. The minimum absolute atomic E-state index is 0.287. The number of halogens is 1. The molecule has 6 heavy (non-hydrogen) atoms. The lowest BCUT2D eigenvalue weighted by atomic mass is 10.8. The summed E-state index contributed by atoms with van der Waals surface area (Å²) in [5.41, 5.74) is 0. The van der Waals surface area contributed by atoms with Crippen LogP contribution in [0.1, 0.15) is 0 Å². The molecule has 0 unspecified atom stereocenters. The minimum Gasteiger partial charge on any atom is -0.350 e. The Morgan fingerprint density at radius 2 is 2.67 bits per heavy atom. The summed E-state index contributed by atoms with van der Waals surface area (Å²) in [6.07, 6.45) is 4.52. The van der Waals surface area contributed by atoms with Gasteiger partial charge in [0.1, 0.15) is 5.02 Å². The van der Waals surface area contributed by atoms with Gasteiger partial charge >= 0.3 is 0 Å². The van der Waals surface area contributed by atoms with Crippen LogP contribution in [0.15, 0.2) is 4.52 Å². The summed E-state index contributed by atoms with van der Waals surface area (Å²) >= 11 is 5.19. The predicted octanol–water partition coefficient (Wildman–Crippen LogP) is 0.928. The Labute approximate surface area is 39.7 Å². The van der Waals surface area contributed by atoms with Crippen LogP contribution in [0.5, 0.6) is 0 Å². The van der Waals surface area contributed by atoms with Crippen molar-refractivity contribution in [3.05, 3.63) is 17.5 Å². The zero-order chi connectivity index (χ0) is 4.41. The lowest BCUT2D eigenvalue weighted by Crippen LogP contribution is -1.44. The van der Waals surface area contributed by atoms with E-state index >= 15 is 0 Å². The fraction of sp³-hybridized carbons (Fsp3) is 0. The molecule has 0 aromatic carbocycles. The van der Waals surface area contributed by atoms with Crippen LogP contribution < -0.4 is 0 Å². The molecule has 1 aromatic rings. The molecule has 30 valence electrons. The van der Waals surface area contributed by atoms with Crippen molar-refractivity contribution in [2.45, 2.75) is 0 Å². The van der Waals surface area contributed by atoms with Gasteiger partial charge in [-0.15, -0.1) is 0 Å². The fourth-order valence-electron chi connectivity index (χ4n) is 0.149. The maximum atomic E-state index is 5.19. The Hall–Kier alpha value is -0.500. The van der Waals surface area contributed by atoms with Crippen LogP contribution in [0, 0.1) is 12.5 Å². The number of rotatable bonds is 0. The molecule has 0 N–H and O–H groups in total. The zero-order valence-corrected chi connectivity index (χ0v) is 3.49. The van der Waals surface area contributed by atoms with E-state index in [1.807, 2.05) is 0 Å². The highest BCUT2D eigenvalue weighted by atomic mass is 35.5. The smallest absolute Gasteiger partial charge is 0.225 e. The molecule has 0 bridgehead atoms. The zero-order valence-electron chi connectivity index (χ0n) is 2.73. The van der Waals surface area contributed by atoms with E-state index in [0.29, 0.717) is 0 Å². The van der Waals surface area contributed by atoms with Crippen LogP contribution >= 0.6 is 11.6 Å². The van der Waals surface area contributed by atoms with Crippen molar-refractivity contribution >= 4 is 11.6 Å². The highest BCUT2D eigenvalue weighted by molar-refractivity contribution is 6.29. The molecule has 1 heterocycles. The quantitative estimate of drug-likeness (QED) is 0.486. The van der Waals surface area contributed by atoms with Crippen LogP contribution in [0.25, 0.3) is 0 Å². The van der Waals surface area contributed by atoms with Crippen molar-refractivity contribution in [2.24, 2.45) is 0 Å². The molecule has 0 aliphatic rings. The first-order valence-corrected chi connectivity index (χ1v) is 1.68. The first kappa shape index (κ1) is 3.68. The molecular formula is C3ClNO. The molecule has 0 fully saturated rings. The third kappa shape index (κ3) is 0.518. The first-order valence-electron chi connectivity index (χ1n) is 1.30. The molecule has 0 aliphatic heterocycles. The predicted molar refractivity (Wildman–Crippen MR) is 19.2 cm³/mol. The summed E-state index contributed by atoms with van der Waals surface area (Å²) in [5.74, 6) is 0. The van der Waals surface area contributed by atoms with E-state index in [1.54, 1.807) is 0 Å². The lowest BCUT2D eigenvalue weighted by Gasteiger charge is -1.53. The van der Waals surface area contributed by atoms with Crippen molar-refractivity contribution < 1.29 is 4.52 Å². The van der Waals surface area contributed by atoms with Gasteiger partial charge in [-0.2, -0.15) is 0 Å². The lowest BCUT2D eigenvalue weighted by molar-refractivity contribution is 0.411. The van der Waals surface area contributed by atoms with E-state index in [2.05, 4.69) is 22.1 Å². The SMILES string of the molecule is Clc1[c]no[c]1. The molecule has 0 amide bonds.